The maximum atomic E-state index is 11.7. The van der Waals surface area contributed by atoms with Crippen LogP contribution in [0.2, 0.25) is 0 Å². The highest BCUT2D eigenvalue weighted by molar-refractivity contribution is 7.53. The second kappa shape index (κ2) is 10.7. The molecular weight excluding hydrogens is 497 g/mol. The molecule has 0 spiro atoms. The molecule has 7 N–H and O–H groups in total. The van der Waals surface area contributed by atoms with E-state index < -0.39 is 50.7 Å². The molecule has 0 amide bonds. The van der Waals surface area contributed by atoms with Crippen molar-refractivity contribution in [3.63, 3.8) is 0 Å². The average molecular weight is 527 g/mol. The van der Waals surface area contributed by atoms with Gasteiger partial charge in [-0.2, -0.15) is 5.10 Å². The molecule has 2 aromatic heterocycles. The van der Waals surface area contributed by atoms with Gasteiger partial charge in [0.25, 0.3) is 0 Å². The highest BCUT2D eigenvalue weighted by Crippen LogP contribution is 2.51. The fourth-order valence-corrected chi connectivity index (χ4v) is 4.64. The molecule has 0 radical (unpaired) electrons. The van der Waals surface area contributed by atoms with Crippen molar-refractivity contribution >= 4 is 24.4 Å². The Balaban J connectivity index is 1.62. The highest BCUT2D eigenvalue weighted by atomic mass is 31.2. The zero-order valence-corrected chi connectivity index (χ0v) is 20.5. The van der Waals surface area contributed by atoms with E-state index >= 15 is 0 Å². The predicted molar refractivity (Wildman–Crippen MR) is 125 cm³/mol. The van der Waals surface area contributed by atoms with Gasteiger partial charge in [-0.15, -0.1) is 0 Å². The van der Waals surface area contributed by atoms with Crippen LogP contribution in [0.1, 0.15) is 44.7 Å². The average Bonchev–Trinajstić information content (AvgIpc) is 3.56. The summed E-state index contributed by atoms with van der Waals surface area (Å²) in [6.07, 6.45) is 0.299. The number of aliphatic hydroxyl groups excluding tert-OH is 4. The van der Waals surface area contributed by atoms with Crippen LogP contribution >= 0.6 is 7.60 Å². The number of anilines is 1. The van der Waals surface area contributed by atoms with Crippen molar-refractivity contribution in [2.24, 2.45) is 0 Å². The second-order valence-electron chi connectivity index (χ2n) is 9.04. The molecule has 36 heavy (non-hydrogen) atoms. The van der Waals surface area contributed by atoms with Gasteiger partial charge >= 0.3 is 7.60 Å². The van der Waals surface area contributed by atoms with Gasteiger partial charge < -0.3 is 45.0 Å². The zero-order valence-electron chi connectivity index (χ0n) is 19.6. The van der Waals surface area contributed by atoms with E-state index in [0.29, 0.717) is 11.2 Å². The standard InChI is InChI=1S/C21H30N5O9P/c1-21(11-28,36(31,32)33)34-10-14-16(29)17(30)20(35-14)26-19-13(9-22-26)18(23-12-5-2-3-6-12)24-15(25-19)7-4-8-27/h9,12,14,16-17,20,27-30H,2-3,5-6,8,10-11H2,1H3,(H,23,24,25)(H2,31,32,33)/t14-,16-,17-,20-,21?/m1/s1. The molecule has 15 heteroatoms. The van der Waals surface area contributed by atoms with Gasteiger partial charge in [0.05, 0.1) is 24.8 Å². The lowest BCUT2D eigenvalue weighted by atomic mass is 10.1. The van der Waals surface area contributed by atoms with Gasteiger partial charge in [-0.05, 0) is 25.7 Å². The summed E-state index contributed by atoms with van der Waals surface area (Å²) in [7, 11) is -4.85. The van der Waals surface area contributed by atoms with Crippen molar-refractivity contribution < 1.29 is 44.3 Å². The molecule has 198 valence electrons. The molecule has 1 unspecified atom stereocenters. The van der Waals surface area contributed by atoms with Crippen LogP contribution in [0.25, 0.3) is 11.0 Å². The normalized spacial score (nSPS) is 26.6. The summed E-state index contributed by atoms with van der Waals surface area (Å²) in [5.74, 6) is 5.79. The SMILES string of the molecule is CC(CO)(OC[C@H]1O[C@@H](n2ncc3c(NC4CCCC4)nc(C#CCO)nc32)[C@H](O)[C@@H]1O)P(=O)(O)O. The summed E-state index contributed by atoms with van der Waals surface area (Å²) in [5.41, 5.74) is 0.265. The molecule has 2 aromatic rings. The molecule has 4 rings (SSSR count). The molecule has 1 saturated heterocycles. The Hall–Kier alpha value is -2.18. The first-order valence-corrected chi connectivity index (χ1v) is 13.1. The molecule has 1 aliphatic heterocycles. The van der Waals surface area contributed by atoms with E-state index in [9.17, 15) is 29.7 Å². The number of fused-ring (bicyclic) bond motifs is 1. The molecule has 2 fully saturated rings. The number of rotatable bonds is 8. The van der Waals surface area contributed by atoms with E-state index in [1.807, 2.05) is 0 Å². The Morgan fingerprint density at radius 1 is 1.25 bits per heavy atom. The minimum atomic E-state index is -4.85. The molecule has 1 aliphatic carbocycles. The Bertz CT molecular complexity index is 1190. The van der Waals surface area contributed by atoms with Gasteiger partial charge in [-0.25, -0.2) is 14.6 Å². The van der Waals surface area contributed by atoms with Gasteiger partial charge in [0.1, 0.15) is 30.7 Å². The maximum Gasteiger partial charge on any atom is 0.359 e. The van der Waals surface area contributed by atoms with Gasteiger partial charge in [-0.3, -0.25) is 4.57 Å². The van der Waals surface area contributed by atoms with Crippen LogP contribution in [0.15, 0.2) is 6.20 Å². The summed E-state index contributed by atoms with van der Waals surface area (Å²) in [5, 5.41) is 45.7. The summed E-state index contributed by atoms with van der Waals surface area (Å²) in [6, 6.07) is 0.219. The van der Waals surface area contributed by atoms with Crippen molar-refractivity contribution in [2.45, 2.75) is 68.5 Å². The third-order valence-corrected chi connectivity index (χ3v) is 7.98. The first kappa shape index (κ1) is 26.9. The number of ether oxygens (including phenoxy) is 2. The molecule has 0 aromatic carbocycles. The van der Waals surface area contributed by atoms with Crippen LogP contribution in [0.5, 0.6) is 0 Å². The summed E-state index contributed by atoms with van der Waals surface area (Å²) in [6.45, 7) is -0.839. The minimum absolute atomic E-state index is 0.118. The molecular formula is C21H30N5O9P. The van der Waals surface area contributed by atoms with Crippen molar-refractivity contribution in [2.75, 3.05) is 25.1 Å². The molecule has 5 atom stereocenters. The smallest absolute Gasteiger partial charge is 0.359 e. The quantitative estimate of drug-likeness (QED) is 0.163. The summed E-state index contributed by atoms with van der Waals surface area (Å²) >= 11 is 0. The minimum Gasteiger partial charge on any atom is -0.393 e. The lowest BCUT2D eigenvalue weighted by Crippen LogP contribution is -2.39. The van der Waals surface area contributed by atoms with Crippen LogP contribution in [0.4, 0.5) is 5.82 Å². The number of hydrogen-bond acceptors (Lipinski definition) is 11. The van der Waals surface area contributed by atoms with Crippen LogP contribution in [-0.2, 0) is 14.0 Å². The molecule has 14 nitrogen and oxygen atoms in total. The van der Waals surface area contributed by atoms with Crippen molar-refractivity contribution in [3.8, 4) is 11.8 Å². The van der Waals surface area contributed by atoms with Gasteiger partial charge in [0.15, 0.2) is 17.2 Å². The Labute approximate surface area is 206 Å². The number of hydrogen-bond donors (Lipinski definition) is 7. The summed E-state index contributed by atoms with van der Waals surface area (Å²) in [4.78, 5) is 27.8. The van der Waals surface area contributed by atoms with Crippen LogP contribution < -0.4 is 5.32 Å². The van der Waals surface area contributed by atoms with E-state index in [1.165, 1.54) is 10.9 Å². The fourth-order valence-electron chi connectivity index (χ4n) is 4.21. The van der Waals surface area contributed by atoms with E-state index in [-0.39, 0.29) is 24.1 Å². The first-order valence-electron chi connectivity index (χ1n) is 11.5. The van der Waals surface area contributed by atoms with Crippen LogP contribution in [0.3, 0.4) is 0 Å². The van der Waals surface area contributed by atoms with Gasteiger partial charge in [-0.1, -0.05) is 18.8 Å². The number of aliphatic hydroxyl groups is 4. The lowest BCUT2D eigenvalue weighted by molar-refractivity contribution is -0.104. The van der Waals surface area contributed by atoms with E-state index in [1.54, 1.807) is 0 Å². The maximum absolute atomic E-state index is 11.7. The highest BCUT2D eigenvalue weighted by Gasteiger charge is 2.48. The van der Waals surface area contributed by atoms with Crippen molar-refractivity contribution in [3.05, 3.63) is 12.0 Å². The Morgan fingerprint density at radius 2 is 1.97 bits per heavy atom. The van der Waals surface area contributed by atoms with Gasteiger partial charge in [0, 0.05) is 6.04 Å². The number of nitrogens with one attached hydrogen (secondary N) is 1. The van der Waals surface area contributed by atoms with Crippen molar-refractivity contribution in [1.29, 1.82) is 0 Å². The Kier molecular flexibility index (Phi) is 7.96. The predicted octanol–water partition coefficient (Wildman–Crippen LogP) is -0.953. The third-order valence-electron chi connectivity index (χ3n) is 6.48. The largest absolute Gasteiger partial charge is 0.393 e. The van der Waals surface area contributed by atoms with E-state index in [4.69, 9.17) is 14.6 Å². The third kappa shape index (κ3) is 5.26. The van der Waals surface area contributed by atoms with E-state index in [2.05, 4.69) is 32.2 Å². The van der Waals surface area contributed by atoms with E-state index in [0.717, 1.165) is 32.6 Å². The lowest BCUT2D eigenvalue weighted by Gasteiger charge is -2.29. The number of nitrogens with zero attached hydrogens (tertiary/aromatic N) is 4. The molecule has 3 heterocycles. The first-order chi connectivity index (χ1) is 17.1. The van der Waals surface area contributed by atoms with Crippen LogP contribution in [-0.4, -0.2) is 99.5 Å². The summed E-state index contributed by atoms with van der Waals surface area (Å²) < 4.78 is 24.0. The second-order valence-corrected chi connectivity index (χ2v) is 11.1. The van der Waals surface area contributed by atoms with Gasteiger partial charge in [0.2, 0.25) is 5.82 Å². The Morgan fingerprint density at radius 3 is 2.61 bits per heavy atom. The number of aromatic nitrogens is 4. The zero-order chi connectivity index (χ0) is 26.1. The monoisotopic (exact) mass is 527 g/mol. The molecule has 1 saturated carbocycles. The topological polar surface area (TPSA) is 213 Å². The fraction of sp³-hybridized carbons (Fsp3) is 0.667. The molecule has 0 bridgehead atoms. The van der Waals surface area contributed by atoms with Crippen LogP contribution in [0, 0.1) is 11.8 Å². The molecule has 2 aliphatic rings. The van der Waals surface area contributed by atoms with Crippen molar-refractivity contribution in [1.82, 2.24) is 19.7 Å².